The molecular weight excluding hydrogens is 407 g/mol. The van der Waals surface area contributed by atoms with Crippen LogP contribution < -0.4 is 5.32 Å². The highest BCUT2D eigenvalue weighted by Gasteiger charge is 2.31. The lowest BCUT2D eigenvalue weighted by atomic mass is 9.74. The zero-order valence-corrected chi connectivity index (χ0v) is 18.9. The fraction of sp³-hybridized carbons (Fsp3) is 0.500. The van der Waals surface area contributed by atoms with Gasteiger partial charge >= 0.3 is 7.12 Å². The molecule has 2 aromatic carbocycles. The van der Waals surface area contributed by atoms with Crippen LogP contribution in [0.25, 0.3) is 10.8 Å². The van der Waals surface area contributed by atoms with Crippen molar-refractivity contribution < 1.29 is 24.4 Å². The largest absolute Gasteiger partial charge is 0.475 e. The molecule has 2 atom stereocenters. The number of ether oxygens (including phenoxy) is 1. The van der Waals surface area contributed by atoms with E-state index in [2.05, 4.69) is 5.32 Å². The average Bonchev–Trinajstić information content (AvgIpc) is 2.78. The molecule has 1 unspecified atom stereocenters. The van der Waals surface area contributed by atoms with Crippen LogP contribution in [0, 0.1) is 11.8 Å². The summed E-state index contributed by atoms with van der Waals surface area (Å²) in [5.74, 6) is -1.65. The maximum atomic E-state index is 13.3. The van der Waals surface area contributed by atoms with E-state index in [1.807, 2.05) is 56.3 Å². The second-order valence-corrected chi connectivity index (χ2v) is 8.89. The Kier molecular flexibility index (Phi) is 8.67. The molecule has 0 aliphatic carbocycles. The Labute approximate surface area is 189 Å². The fourth-order valence-electron chi connectivity index (χ4n) is 4.21. The van der Waals surface area contributed by atoms with Crippen LogP contribution in [0.15, 0.2) is 42.5 Å². The molecule has 2 aromatic rings. The quantitative estimate of drug-likeness (QED) is 0.517. The molecule has 1 heterocycles. The van der Waals surface area contributed by atoms with Crippen LogP contribution in [0.5, 0.6) is 0 Å². The molecule has 7 nitrogen and oxygen atoms in total. The molecule has 32 heavy (non-hydrogen) atoms. The van der Waals surface area contributed by atoms with E-state index in [4.69, 9.17) is 4.74 Å². The van der Waals surface area contributed by atoms with Gasteiger partial charge in [-0.15, -0.1) is 0 Å². The number of amides is 2. The van der Waals surface area contributed by atoms with E-state index in [1.54, 1.807) is 4.90 Å². The third-order valence-corrected chi connectivity index (χ3v) is 5.91. The van der Waals surface area contributed by atoms with Crippen molar-refractivity contribution in [2.24, 2.45) is 11.8 Å². The molecule has 0 saturated carbocycles. The molecule has 0 spiro atoms. The van der Waals surface area contributed by atoms with E-state index in [1.165, 1.54) is 0 Å². The molecule has 8 heteroatoms. The highest BCUT2D eigenvalue weighted by Crippen LogP contribution is 2.24. The topological polar surface area (TPSA) is 99.1 Å². The number of hydrogen-bond acceptors (Lipinski definition) is 5. The maximum Gasteiger partial charge on any atom is 0.475 e. The minimum Gasteiger partial charge on any atom is -0.426 e. The van der Waals surface area contributed by atoms with Gasteiger partial charge in [-0.05, 0) is 35.1 Å². The van der Waals surface area contributed by atoms with Crippen molar-refractivity contribution in [2.45, 2.75) is 39.1 Å². The zero-order valence-electron chi connectivity index (χ0n) is 18.9. The maximum absolute atomic E-state index is 13.3. The molecular formula is C24H33BN2O5. The van der Waals surface area contributed by atoms with Gasteiger partial charge in [-0.3, -0.25) is 9.59 Å². The lowest BCUT2D eigenvalue weighted by Gasteiger charge is -2.29. The second-order valence-electron chi connectivity index (χ2n) is 8.89. The van der Waals surface area contributed by atoms with Gasteiger partial charge in [-0.1, -0.05) is 56.3 Å². The molecule has 172 valence electrons. The Hall–Kier alpha value is -2.42. The Morgan fingerprint density at radius 1 is 1.09 bits per heavy atom. The molecule has 3 N–H and O–H groups in total. The number of carbonyl (C=O) groups is 2. The summed E-state index contributed by atoms with van der Waals surface area (Å²) in [7, 11) is -1.66. The third kappa shape index (κ3) is 6.54. The molecule has 0 bridgehead atoms. The summed E-state index contributed by atoms with van der Waals surface area (Å²) in [5, 5.41) is 24.4. The fourth-order valence-corrected chi connectivity index (χ4v) is 4.21. The predicted octanol–water partition coefficient (Wildman–Crippen LogP) is 1.79. The Bertz CT molecular complexity index is 909. The van der Waals surface area contributed by atoms with E-state index >= 15 is 0 Å². The number of morpholine rings is 1. The molecule has 0 radical (unpaired) electrons. The number of rotatable bonds is 9. The highest BCUT2D eigenvalue weighted by molar-refractivity contribution is 6.43. The van der Waals surface area contributed by atoms with E-state index < -0.39 is 19.0 Å². The summed E-state index contributed by atoms with van der Waals surface area (Å²) < 4.78 is 5.33. The van der Waals surface area contributed by atoms with Gasteiger partial charge in [0.1, 0.15) is 0 Å². The lowest BCUT2D eigenvalue weighted by Crippen LogP contribution is -2.50. The van der Waals surface area contributed by atoms with Crippen LogP contribution >= 0.6 is 0 Å². The Morgan fingerprint density at radius 3 is 2.47 bits per heavy atom. The SMILES string of the molecule is CC(C)C[C@H](NC(=O)C(CC(=O)N1CCOCC1)Cc1cccc2ccccc12)B(O)O. The first-order valence-electron chi connectivity index (χ1n) is 11.3. The molecule has 3 rings (SSSR count). The Morgan fingerprint density at radius 2 is 1.78 bits per heavy atom. The summed E-state index contributed by atoms with van der Waals surface area (Å²) in [6.07, 6.45) is 0.881. The van der Waals surface area contributed by atoms with Gasteiger partial charge in [0.15, 0.2) is 0 Å². The smallest absolute Gasteiger partial charge is 0.426 e. The number of benzene rings is 2. The predicted molar refractivity (Wildman–Crippen MR) is 125 cm³/mol. The van der Waals surface area contributed by atoms with Gasteiger partial charge in [0.2, 0.25) is 11.8 Å². The summed E-state index contributed by atoms with van der Waals surface area (Å²) in [6.45, 7) is 5.95. The van der Waals surface area contributed by atoms with Gasteiger partial charge in [0.25, 0.3) is 0 Å². The van der Waals surface area contributed by atoms with Crippen LogP contribution in [-0.2, 0) is 20.7 Å². The zero-order chi connectivity index (χ0) is 23.1. The van der Waals surface area contributed by atoms with E-state index in [-0.39, 0.29) is 24.2 Å². The van der Waals surface area contributed by atoms with Gasteiger partial charge in [0, 0.05) is 19.5 Å². The summed E-state index contributed by atoms with van der Waals surface area (Å²) in [6, 6.07) is 13.9. The number of fused-ring (bicyclic) bond motifs is 1. The van der Waals surface area contributed by atoms with Crippen LogP contribution in [0.1, 0.15) is 32.3 Å². The normalized spacial score (nSPS) is 16.1. The van der Waals surface area contributed by atoms with E-state index in [0.29, 0.717) is 39.1 Å². The van der Waals surface area contributed by atoms with Crippen LogP contribution in [0.4, 0.5) is 0 Å². The van der Waals surface area contributed by atoms with Crippen molar-refractivity contribution in [3.05, 3.63) is 48.0 Å². The van der Waals surface area contributed by atoms with Crippen LogP contribution in [0.2, 0.25) is 0 Å². The Balaban J connectivity index is 1.82. The average molecular weight is 440 g/mol. The van der Waals surface area contributed by atoms with Crippen molar-refractivity contribution in [3.8, 4) is 0 Å². The van der Waals surface area contributed by atoms with Crippen molar-refractivity contribution in [1.82, 2.24) is 10.2 Å². The van der Waals surface area contributed by atoms with Crippen molar-refractivity contribution >= 4 is 29.7 Å². The number of nitrogens with zero attached hydrogens (tertiary/aromatic N) is 1. The number of hydrogen-bond donors (Lipinski definition) is 3. The summed E-state index contributed by atoms with van der Waals surface area (Å²) >= 11 is 0. The van der Waals surface area contributed by atoms with E-state index in [0.717, 1.165) is 16.3 Å². The lowest BCUT2D eigenvalue weighted by molar-refractivity contribution is -0.139. The van der Waals surface area contributed by atoms with Crippen LogP contribution in [0.3, 0.4) is 0 Å². The van der Waals surface area contributed by atoms with Gasteiger partial charge < -0.3 is 25.0 Å². The second kappa shape index (κ2) is 11.5. The van der Waals surface area contributed by atoms with Crippen LogP contribution in [-0.4, -0.2) is 66.1 Å². The number of nitrogens with one attached hydrogen (secondary N) is 1. The van der Waals surface area contributed by atoms with E-state index in [9.17, 15) is 19.6 Å². The first-order valence-corrected chi connectivity index (χ1v) is 11.3. The van der Waals surface area contributed by atoms with Gasteiger partial charge in [-0.25, -0.2) is 0 Å². The molecule has 1 fully saturated rings. The van der Waals surface area contributed by atoms with Gasteiger partial charge in [-0.2, -0.15) is 0 Å². The first kappa shape index (κ1) is 24.2. The third-order valence-electron chi connectivity index (χ3n) is 5.91. The minimum atomic E-state index is -1.66. The summed E-state index contributed by atoms with van der Waals surface area (Å²) in [4.78, 5) is 28.0. The molecule has 1 aliphatic heterocycles. The molecule has 0 aromatic heterocycles. The van der Waals surface area contributed by atoms with Gasteiger partial charge in [0.05, 0.1) is 25.1 Å². The first-order chi connectivity index (χ1) is 15.3. The standard InChI is InChI=1S/C24H33BN2O5/c1-17(2)14-22(25(30)31)26-24(29)20(16-23(28)27-10-12-32-13-11-27)15-19-8-5-7-18-6-3-4-9-21(18)19/h3-9,17,20,22,30-31H,10-16H2,1-2H3,(H,26,29)/t20?,22-/m0/s1. The van der Waals surface area contributed by atoms with Crippen molar-refractivity contribution in [3.63, 3.8) is 0 Å². The van der Waals surface area contributed by atoms with Crippen molar-refractivity contribution in [1.29, 1.82) is 0 Å². The highest BCUT2D eigenvalue weighted by atomic mass is 16.5. The van der Waals surface area contributed by atoms with Crippen molar-refractivity contribution in [2.75, 3.05) is 26.3 Å². The number of carbonyl (C=O) groups excluding carboxylic acids is 2. The summed E-state index contributed by atoms with van der Waals surface area (Å²) in [5.41, 5.74) is 0.989. The molecule has 1 saturated heterocycles. The minimum absolute atomic E-state index is 0.0605. The molecule has 1 aliphatic rings. The monoisotopic (exact) mass is 440 g/mol. The molecule has 2 amide bonds.